The Kier molecular flexibility index (Phi) is 4.25. The highest BCUT2D eigenvalue weighted by molar-refractivity contribution is 5.96. The second kappa shape index (κ2) is 5.74. The topological polar surface area (TPSA) is 23.6 Å². The molecule has 0 radical (unpaired) electrons. The molecule has 1 heterocycles. The Labute approximate surface area is 116 Å². The second-order valence-electron chi connectivity index (χ2n) is 5.92. The number of carbonyl (C=O) groups excluding carboxylic acids is 1. The Morgan fingerprint density at radius 2 is 2.05 bits per heavy atom. The van der Waals surface area contributed by atoms with Crippen LogP contribution in [0.4, 0.5) is 0 Å². The van der Waals surface area contributed by atoms with Gasteiger partial charge in [0, 0.05) is 25.2 Å². The highest BCUT2D eigenvalue weighted by Gasteiger charge is 2.24. The van der Waals surface area contributed by atoms with Crippen LogP contribution in [0.25, 0.3) is 0 Å². The molecule has 3 nitrogen and oxygen atoms in total. The van der Waals surface area contributed by atoms with Gasteiger partial charge in [0.25, 0.3) is 5.91 Å². The highest BCUT2D eigenvalue weighted by atomic mass is 16.2. The molecule has 1 aromatic rings. The van der Waals surface area contributed by atoms with Crippen LogP contribution in [0.3, 0.4) is 0 Å². The number of hydrogen-bond donors (Lipinski definition) is 0. The molecule has 0 bridgehead atoms. The zero-order valence-corrected chi connectivity index (χ0v) is 12.4. The summed E-state index contributed by atoms with van der Waals surface area (Å²) in [4.78, 5) is 16.5. The van der Waals surface area contributed by atoms with Crippen LogP contribution < -0.4 is 0 Å². The Morgan fingerprint density at radius 1 is 1.32 bits per heavy atom. The molecule has 0 saturated heterocycles. The summed E-state index contributed by atoms with van der Waals surface area (Å²) in [5.41, 5.74) is 3.44. The van der Waals surface area contributed by atoms with Gasteiger partial charge in [0.05, 0.1) is 0 Å². The van der Waals surface area contributed by atoms with Crippen molar-refractivity contribution < 1.29 is 4.79 Å². The van der Waals surface area contributed by atoms with Gasteiger partial charge in [-0.1, -0.05) is 26.0 Å². The molecule has 104 valence electrons. The van der Waals surface area contributed by atoms with Crippen LogP contribution in [-0.2, 0) is 6.42 Å². The molecule has 3 heteroatoms. The predicted molar refractivity (Wildman–Crippen MR) is 78.7 cm³/mol. The normalized spacial score (nSPS) is 15.3. The van der Waals surface area contributed by atoms with E-state index in [-0.39, 0.29) is 5.91 Å². The Balaban J connectivity index is 2.15. The van der Waals surface area contributed by atoms with E-state index < -0.39 is 0 Å². The summed E-state index contributed by atoms with van der Waals surface area (Å²) in [6.07, 6.45) is 0.981. The van der Waals surface area contributed by atoms with Gasteiger partial charge in [-0.2, -0.15) is 0 Å². The number of amides is 1. The minimum Gasteiger partial charge on any atom is -0.337 e. The first kappa shape index (κ1) is 14.1. The van der Waals surface area contributed by atoms with Crippen LogP contribution in [0, 0.1) is 0 Å². The molecule has 1 amide bonds. The fourth-order valence-electron chi connectivity index (χ4n) is 2.45. The summed E-state index contributed by atoms with van der Waals surface area (Å²) in [7, 11) is 4.08. The molecule has 0 N–H and O–H groups in total. The smallest absolute Gasteiger partial charge is 0.254 e. The maximum absolute atomic E-state index is 12.4. The van der Waals surface area contributed by atoms with Crippen molar-refractivity contribution in [2.24, 2.45) is 0 Å². The summed E-state index contributed by atoms with van der Waals surface area (Å²) >= 11 is 0. The van der Waals surface area contributed by atoms with Crippen LogP contribution in [0.5, 0.6) is 0 Å². The average Bonchev–Trinajstić information content (AvgIpc) is 2.37. The van der Waals surface area contributed by atoms with E-state index in [0.29, 0.717) is 5.92 Å². The lowest BCUT2D eigenvalue weighted by Gasteiger charge is -2.30. The predicted octanol–water partition coefficient (Wildman–Crippen LogP) is 2.37. The summed E-state index contributed by atoms with van der Waals surface area (Å²) in [6, 6.07) is 6.31. The number of rotatable bonds is 4. The quantitative estimate of drug-likeness (QED) is 0.830. The van der Waals surface area contributed by atoms with Gasteiger partial charge in [0.15, 0.2) is 0 Å². The van der Waals surface area contributed by atoms with E-state index in [0.717, 1.165) is 31.6 Å². The molecule has 0 aliphatic carbocycles. The molecule has 0 aromatic heterocycles. The second-order valence-corrected chi connectivity index (χ2v) is 5.92. The van der Waals surface area contributed by atoms with Crippen molar-refractivity contribution >= 4 is 5.91 Å². The fraction of sp³-hybridized carbons (Fsp3) is 0.562. The number of carbonyl (C=O) groups is 1. The van der Waals surface area contributed by atoms with Gasteiger partial charge in [0.2, 0.25) is 0 Å². The molecule has 0 unspecified atom stereocenters. The molecule has 1 aliphatic heterocycles. The van der Waals surface area contributed by atoms with Crippen LogP contribution in [0.15, 0.2) is 18.2 Å². The summed E-state index contributed by atoms with van der Waals surface area (Å²) < 4.78 is 0. The molecule has 1 aliphatic rings. The van der Waals surface area contributed by atoms with Crippen molar-refractivity contribution in [3.05, 3.63) is 34.9 Å². The van der Waals surface area contributed by atoms with Crippen molar-refractivity contribution in [3.8, 4) is 0 Å². The van der Waals surface area contributed by atoms with E-state index in [9.17, 15) is 4.79 Å². The highest BCUT2D eigenvalue weighted by Crippen LogP contribution is 2.23. The van der Waals surface area contributed by atoms with Gasteiger partial charge in [-0.15, -0.1) is 0 Å². The van der Waals surface area contributed by atoms with Gasteiger partial charge in [0.1, 0.15) is 0 Å². The number of likely N-dealkylation sites (N-methyl/N-ethyl adjacent to an activating group) is 1. The van der Waals surface area contributed by atoms with E-state index in [1.54, 1.807) is 0 Å². The molecule has 0 spiro atoms. The third-order valence-electron chi connectivity index (χ3n) is 3.78. The minimum atomic E-state index is 0.193. The first-order valence-electron chi connectivity index (χ1n) is 7.06. The van der Waals surface area contributed by atoms with Gasteiger partial charge in [-0.05, 0) is 43.6 Å². The minimum absolute atomic E-state index is 0.193. The van der Waals surface area contributed by atoms with E-state index in [2.05, 4.69) is 30.9 Å². The van der Waals surface area contributed by atoms with Crippen LogP contribution in [0.2, 0.25) is 0 Å². The molecular weight excluding hydrogens is 236 g/mol. The SMILES string of the molecule is CC(C)c1ccc2c(c1)CCN(CCN(C)C)C2=O. The summed E-state index contributed by atoms with van der Waals surface area (Å²) in [5.74, 6) is 0.713. The number of fused-ring (bicyclic) bond motifs is 1. The van der Waals surface area contributed by atoms with Gasteiger partial charge in [-0.3, -0.25) is 4.79 Å². The third kappa shape index (κ3) is 3.16. The first-order chi connectivity index (χ1) is 8.99. The molecule has 0 atom stereocenters. The monoisotopic (exact) mass is 260 g/mol. The van der Waals surface area contributed by atoms with Gasteiger partial charge >= 0.3 is 0 Å². The lowest BCUT2D eigenvalue weighted by atomic mass is 9.93. The van der Waals surface area contributed by atoms with Crippen LogP contribution in [0.1, 0.15) is 41.3 Å². The van der Waals surface area contributed by atoms with E-state index in [1.807, 2.05) is 25.1 Å². The number of nitrogens with zero attached hydrogens (tertiary/aromatic N) is 2. The fourth-order valence-corrected chi connectivity index (χ4v) is 2.45. The molecule has 2 rings (SSSR count). The lowest BCUT2D eigenvalue weighted by Crippen LogP contribution is -2.41. The lowest BCUT2D eigenvalue weighted by molar-refractivity contribution is 0.0729. The van der Waals surface area contributed by atoms with Crippen molar-refractivity contribution in [2.75, 3.05) is 33.7 Å². The summed E-state index contributed by atoms with van der Waals surface area (Å²) in [5, 5.41) is 0. The van der Waals surface area contributed by atoms with E-state index >= 15 is 0 Å². The van der Waals surface area contributed by atoms with Crippen LogP contribution >= 0.6 is 0 Å². The first-order valence-corrected chi connectivity index (χ1v) is 7.06. The van der Waals surface area contributed by atoms with Gasteiger partial charge < -0.3 is 9.80 Å². The van der Waals surface area contributed by atoms with Crippen molar-refractivity contribution in [3.63, 3.8) is 0 Å². The Morgan fingerprint density at radius 3 is 2.68 bits per heavy atom. The largest absolute Gasteiger partial charge is 0.337 e. The van der Waals surface area contributed by atoms with Gasteiger partial charge in [-0.25, -0.2) is 0 Å². The maximum atomic E-state index is 12.4. The standard InChI is InChI=1S/C16H24N2O/c1-12(2)13-5-6-15-14(11-13)7-8-18(16(15)19)10-9-17(3)4/h5-6,11-12H,7-10H2,1-4H3. The summed E-state index contributed by atoms with van der Waals surface area (Å²) in [6.45, 7) is 6.97. The average molecular weight is 260 g/mol. The number of benzene rings is 1. The molecule has 0 fully saturated rings. The zero-order valence-electron chi connectivity index (χ0n) is 12.4. The van der Waals surface area contributed by atoms with Crippen molar-refractivity contribution in [2.45, 2.75) is 26.2 Å². The zero-order chi connectivity index (χ0) is 14.0. The Bertz CT molecular complexity index is 466. The van der Waals surface area contributed by atoms with E-state index in [1.165, 1.54) is 11.1 Å². The molecular formula is C16H24N2O. The van der Waals surface area contributed by atoms with Crippen molar-refractivity contribution in [1.29, 1.82) is 0 Å². The number of hydrogen-bond acceptors (Lipinski definition) is 2. The van der Waals surface area contributed by atoms with Crippen molar-refractivity contribution in [1.82, 2.24) is 9.80 Å². The molecule has 19 heavy (non-hydrogen) atoms. The Hall–Kier alpha value is -1.35. The van der Waals surface area contributed by atoms with Crippen LogP contribution in [-0.4, -0.2) is 49.4 Å². The van der Waals surface area contributed by atoms with E-state index in [4.69, 9.17) is 0 Å². The maximum Gasteiger partial charge on any atom is 0.254 e. The molecule has 1 aromatic carbocycles. The molecule has 0 saturated carbocycles. The third-order valence-corrected chi connectivity index (χ3v) is 3.78.